The smallest absolute Gasteiger partial charge is 0.407 e. The minimum absolute atomic E-state index is 0.0349. The second kappa shape index (κ2) is 10.7. The lowest BCUT2D eigenvalue weighted by Crippen LogP contribution is -2.49. The van der Waals surface area contributed by atoms with Gasteiger partial charge < -0.3 is 20.1 Å². The standard InChI is InChI=1S/C27H34N2O5/c1-5-18(16-24(30)29(27(2,3)4)15-14-25(31)32)28-26(33)34-17-23-21-12-8-6-10-19(21)20-11-7-9-13-22(20)23/h6-13,18,23H,5,14-17H2,1-4H3,(H,28,33)(H,31,32)/t18-/m0/s1. The van der Waals surface area contributed by atoms with Gasteiger partial charge in [-0.3, -0.25) is 9.59 Å². The topological polar surface area (TPSA) is 95.9 Å². The molecule has 0 spiro atoms. The van der Waals surface area contributed by atoms with Gasteiger partial charge >= 0.3 is 12.1 Å². The van der Waals surface area contributed by atoms with Crippen LogP contribution in [0, 0.1) is 0 Å². The highest BCUT2D eigenvalue weighted by Crippen LogP contribution is 2.44. The number of benzene rings is 2. The monoisotopic (exact) mass is 466 g/mol. The summed E-state index contributed by atoms with van der Waals surface area (Å²) in [5, 5.41) is 11.8. The van der Waals surface area contributed by atoms with Crippen molar-refractivity contribution >= 4 is 18.0 Å². The average molecular weight is 467 g/mol. The maximum absolute atomic E-state index is 12.9. The highest BCUT2D eigenvalue weighted by Gasteiger charge is 2.31. The zero-order valence-electron chi connectivity index (χ0n) is 20.3. The van der Waals surface area contributed by atoms with Crippen molar-refractivity contribution < 1.29 is 24.2 Å². The van der Waals surface area contributed by atoms with Crippen LogP contribution in [0.25, 0.3) is 11.1 Å². The van der Waals surface area contributed by atoms with Gasteiger partial charge in [0, 0.05) is 30.5 Å². The van der Waals surface area contributed by atoms with Crippen LogP contribution < -0.4 is 5.32 Å². The predicted octanol–water partition coefficient (Wildman–Crippen LogP) is 4.80. The molecule has 182 valence electrons. The summed E-state index contributed by atoms with van der Waals surface area (Å²) in [5.41, 5.74) is 4.07. The first-order chi connectivity index (χ1) is 16.1. The zero-order chi connectivity index (χ0) is 24.9. The van der Waals surface area contributed by atoms with Crippen molar-refractivity contribution in [2.45, 2.75) is 64.5 Å². The molecule has 0 aromatic heterocycles. The minimum atomic E-state index is -0.953. The van der Waals surface area contributed by atoms with Crippen LogP contribution in [0.3, 0.4) is 0 Å². The summed E-state index contributed by atoms with van der Waals surface area (Å²) < 4.78 is 5.61. The number of nitrogens with zero attached hydrogens (tertiary/aromatic N) is 1. The van der Waals surface area contributed by atoms with Gasteiger partial charge in [0.15, 0.2) is 0 Å². The van der Waals surface area contributed by atoms with Gasteiger partial charge in [-0.25, -0.2) is 4.79 Å². The Labute approximate surface area is 201 Å². The van der Waals surface area contributed by atoms with E-state index in [4.69, 9.17) is 9.84 Å². The number of fused-ring (bicyclic) bond motifs is 3. The van der Waals surface area contributed by atoms with Crippen molar-refractivity contribution in [3.63, 3.8) is 0 Å². The SMILES string of the molecule is CC[C@@H](CC(=O)N(CCC(=O)O)C(C)(C)C)NC(=O)OCC1c2ccccc2-c2ccccc21. The lowest BCUT2D eigenvalue weighted by molar-refractivity contribution is -0.140. The number of ether oxygens (including phenoxy) is 1. The van der Waals surface area contributed by atoms with E-state index in [1.54, 1.807) is 4.90 Å². The third kappa shape index (κ3) is 5.95. The summed E-state index contributed by atoms with van der Waals surface area (Å²) in [6.07, 6.45) is -0.0568. The number of carboxylic acid groups (broad SMARTS) is 1. The Morgan fingerprint density at radius 2 is 1.59 bits per heavy atom. The third-order valence-corrected chi connectivity index (χ3v) is 6.24. The molecule has 7 heteroatoms. The fourth-order valence-corrected chi connectivity index (χ4v) is 4.47. The van der Waals surface area contributed by atoms with Crippen LogP contribution in [0.2, 0.25) is 0 Å². The first-order valence-electron chi connectivity index (χ1n) is 11.8. The summed E-state index contributed by atoms with van der Waals surface area (Å²) in [6.45, 7) is 7.82. The third-order valence-electron chi connectivity index (χ3n) is 6.24. The molecule has 3 rings (SSSR count). The van der Waals surface area contributed by atoms with E-state index in [-0.39, 0.29) is 37.8 Å². The van der Waals surface area contributed by atoms with Crippen molar-refractivity contribution in [1.29, 1.82) is 0 Å². The molecule has 2 N–H and O–H groups in total. The zero-order valence-corrected chi connectivity index (χ0v) is 20.3. The Kier molecular flexibility index (Phi) is 7.97. The molecule has 0 bridgehead atoms. The van der Waals surface area contributed by atoms with Crippen LogP contribution >= 0.6 is 0 Å². The van der Waals surface area contributed by atoms with Gasteiger partial charge in [-0.05, 0) is 49.4 Å². The molecular weight excluding hydrogens is 432 g/mol. The molecule has 2 amide bonds. The first kappa shape index (κ1) is 25.3. The molecule has 0 saturated heterocycles. The fraction of sp³-hybridized carbons (Fsp3) is 0.444. The number of alkyl carbamates (subject to hydrolysis) is 1. The van der Waals surface area contributed by atoms with E-state index in [9.17, 15) is 14.4 Å². The molecule has 0 heterocycles. The van der Waals surface area contributed by atoms with Gasteiger partial charge in [-0.1, -0.05) is 55.5 Å². The fourth-order valence-electron chi connectivity index (χ4n) is 4.47. The van der Waals surface area contributed by atoms with E-state index in [1.807, 2.05) is 52.0 Å². The van der Waals surface area contributed by atoms with E-state index in [1.165, 1.54) is 0 Å². The Bertz CT molecular complexity index is 998. The number of rotatable bonds is 9. The summed E-state index contributed by atoms with van der Waals surface area (Å²) in [5.74, 6) is -1.18. The summed E-state index contributed by atoms with van der Waals surface area (Å²) in [6, 6.07) is 15.9. The van der Waals surface area contributed by atoms with Gasteiger partial charge in [0.1, 0.15) is 6.61 Å². The highest BCUT2D eigenvalue weighted by molar-refractivity contribution is 5.80. The normalized spacial score (nSPS) is 13.5. The number of hydrogen-bond acceptors (Lipinski definition) is 4. The van der Waals surface area contributed by atoms with Crippen LogP contribution in [0.5, 0.6) is 0 Å². The lowest BCUT2D eigenvalue weighted by atomic mass is 9.98. The molecule has 2 aromatic carbocycles. The second-order valence-corrected chi connectivity index (χ2v) is 9.64. The number of aliphatic carboxylic acids is 1. The predicted molar refractivity (Wildman–Crippen MR) is 131 cm³/mol. The van der Waals surface area contributed by atoms with Crippen molar-refractivity contribution in [2.24, 2.45) is 0 Å². The average Bonchev–Trinajstić information content (AvgIpc) is 3.10. The molecule has 0 aliphatic heterocycles. The van der Waals surface area contributed by atoms with Crippen molar-refractivity contribution in [1.82, 2.24) is 10.2 Å². The Balaban J connectivity index is 1.60. The summed E-state index contributed by atoms with van der Waals surface area (Å²) in [4.78, 5) is 38.1. The van der Waals surface area contributed by atoms with Gasteiger partial charge in [0.05, 0.1) is 6.42 Å². The number of carboxylic acids is 1. The molecule has 0 radical (unpaired) electrons. The van der Waals surface area contributed by atoms with Crippen molar-refractivity contribution in [3.8, 4) is 11.1 Å². The molecule has 1 atom stereocenters. The van der Waals surface area contributed by atoms with Crippen LogP contribution in [0.4, 0.5) is 4.79 Å². The van der Waals surface area contributed by atoms with E-state index < -0.39 is 23.6 Å². The Hall–Kier alpha value is -3.35. The highest BCUT2D eigenvalue weighted by atomic mass is 16.5. The van der Waals surface area contributed by atoms with Crippen molar-refractivity contribution in [2.75, 3.05) is 13.2 Å². The minimum Gasteiger partial charge on any atom is -0.481 e. The molecule has 2 aromatic rings. The number of amides is 2. The van der Waals surface area contributed by atoms with E-state index in [2.05, 4.69) is 29.6 Å². The van der Waals surface area contributed by atoms with Crippen LogP contribution in [-0.2, 0) is 14.3 Å². The van der Waals surface area contributed by atoms with Crippen LogP contribution in [-0.4, -0.2) is 52.7 Å². The van der Waals surface area contributed by atoms with E-state index in [0.717, 1.165) is 22.3 Å². The Morgan fingerprint density at radius 3 is 2.09 bits per heavy atom. The Morgan fingerprint density at radius 1 is 1.03 bits per heavy atom. The number of hydrogen-bond donors (Lipinski definition) is 2. The molecular formula is C27H34N2O5. The van der Waals surface area contributed by atoms with Crippen LogP contribution in [0.15, 0.2) is 48.5 Å². The molecule has 0 fully saturated rings. The van der Waals surface area contributed by atoms with Gasteiger partial charge in [0.25, 0.3) is 0 Å². The second-order valence-electron chi connectivity index (χ2n) is 9.64. The molecule has 0 saturated carbocycles. The molecule has 1 aliphatic rings. The molecule has 34 heavy (non-hydrogen) atoms. The number of carbonyl (C=O) groups excluding carboxylic acids is 2. The molecule has 7 nitrogen and oxygen atoms in total. The quantitative estimate of drug-likeness (QED) is 0.554. The van der Waals surface area contributed by atoms with Crippen molar-refractivity contribution in [3.05, 3.63) is 59.7 Å². The lowest BCUT2D eigenvalue weighted by Gasteiger charge is -2.36. The maximum atomic E-state index is 12.9. The first-order valence-corrected chi connectivity index (χ1v) is 11.8. The largest absolute Gasteiger partial charge is 0.481 e. The maximum Gasteiger partial charge on any atom is 0.407 e. The van der Waals surface area contributed by atoms with Gasteiger partial charge in [-0.15, -0.1) is 0 Å². The number of carbonyl (C=O) groups is 3. The van der Waals surface area contributed by atoms with Gasteiger partial charge in [-0.2, -0.15) is 0 Å². The summed E-state index contributed by atoms with van der Waals surface area (Å²) >= 11 is 0. The molecule has 0 unspecified atom stereocenters. The van der Waals surface area contributed by atoms with E-state index >= 15 is 0 Å². The van der Waals surface area contributed by atoms with Crippen LogP contribution in [0.1, 0.15) is 64.0 Å². The van der Waals surface area contributed by atoms with E-state index in [0.29, 0.717) is 6.42 Å². The number of nitrogens with one attached hydrogen (secondary N) is 1. The molecule has 1 aliphatic carbocycles. The van der Waals surface area contributed by atoms with Gasteiger partial charge in [0.2, 0.25) is 5.91 Å². The summed E-state index contributed by atoms with van der Waals surface area (Å²) in [7, 11) is 0.